The summed E-state index contributed by atoms with van der Waals surface area (Å²) in [7, 11) is 0. The van der Waals surface area contributed by atoms with Gasteiger partial charge in [-0.05, 0) is 68.9 Å². The van der Waals surface area contributed by atoms with E-state index in [1.54, 1.807) is 0 Å². The summed E-state index contributed by atoms with van der Waals surface area (Å²) in [6, 6.07) is 12.6. The van der Waals surface area contributed by atoms with E-state index in [1.807, 2.05) is 32.9 Å². The maximum Gasteiger partial charge on any atom is 0.313 e. The maximum absolute atomic E-state index is 12.3. The summed E-state index contributed by atoms with van der Waals surface area (Å²) >= 11 is 0. The quantitative estimate of drug-likeness (QED) is 0.727. The van der Waals surface area contributed by atoms with Gasteiger partial charge in [-0.1, -0.05) is 42.7 Å². The molecule has 0 aliphatic carbocycles. The average Bonchev–Trinajstić information content (AvgIpc) is 3.00. The molecule has 5 nitrogen and oxygen atoms in total. The summed E-state index contributed by atoms with van der Waals surface area (Å²) in [5, 5.41) is 5.47. The second kappa shape index (κ2) is 10.3. The van der Waals surface area contributed by atoms with Gasteiger partial charge in [-0.25, -0.2) is 0 Å². The Balaban J connectivity index is 1.47. The van der Waals surface area contributed by atoms with E-state index in [0.29, 0.717) is 18.7 Å². The molecule has 0 bridgehead atoms. The van der Waals surface area contributed by atoms with E-state index in [2.05, 4.69) is 39.8 Å². The van der Waals surface area contributed by atoms with Gasteiger partial charge in [0.05, 0.1) is 0 Å². The first-order valence-corrected chi connectivity index (χ1v) is 10.9. The van der Waals surface area contributed by atoms with E-state index < -0.39 is 11.8 Å². The van der Waals surface area contributed by atoms with Crippen molar-refractivity contribution in [2.75, 3.05) is 29.9 Å². The maximum atomic E-state index is 12.3. The van der Waals surface area contributed by atoms with Gasteiger partial charge in [-0.15, -0.1) is 0 Å². The first-order valence-electron chi connectivity index (χ1n) is 10.9. The summed E-state index contributed by atoms with van der Waals surface area (Å²) in [5.41, 5.74) is 6.18. The molecule has 30 heavy (non-hydrogen) atoms. The number of aryl methyl sites for hydroxylation is 3. The van der Waals surface area contributed by atoms with Crippen molar-refractivity contribution >= 4 is 23.2 Å². The van der Waals surface area contributed by atoms with E-state index in [9.17, 15) is 9.59 Å². The molecule has 1 fully saturated rings. The number of rotatable bonds is 5. The Morgan fingerprint density at radius 1 is 0.867 bits per heavy atom. The van der Waals surface area contributed by atoms with Gasteiger partial charge in [0.15, 0.2) is 0 Å². The molecule has 0 unspecified atom stereocenters. The minimum absolute atomic E-state index is 0.432. The SMILES string of the molecule is Cc1cc(C)c(NC(=O)C(=O)NCCc2ccc(N3CCCCCC3)cc2)c(C)c1. The second-order valence-electron chi connectivity index (χ2n) is 8.30. The van der Waals surface area contributed by atoms with Crippen LogP contribution in [-0.2, 0) is 16.0 Å². The minimum Gasteiger partial charge on any atom is -0.372 e. The molecule has 0 spiro atoms. The highest BCUT2D eigenvalue weighted by atomic mass is 16.2. The van der Waals surface area contributed by atoms with Gasteiger partial charge in [0.1, 0.15) is 0 Å². The Hall–Kier alpha value is -2.82. The lowest BCUT2D eigenvalue weighted by Crippen LogP contribution is -2.36. The zero-order valence-corrected chi connectivity index (χ0v) is 18.4. The lowest BCUT2D eigenvalue weighted by atomic mass is 10.1. The molecule has 1 saturated heterocycles. The first kappa shape index (κ1) is 21.9. The van der Waals surface area contributed by atoms with Crippen molar-refractivity contribution in [3.8, 4) is 0 Å². The van der Waals surface area contributed by atoms with Crippen LogP contribution in [0, 0.1) is 20.8 Å². The van der Waals surface area contributed by atoms with Crippen molar-refractivity contribution in [3.05, 3.63) is 58.7 Å². The Kier molecular flexibility index (Phi) is 7.50. The van der Waals surface area contributed by atoms with Crippen molar-refractivity contribution in [2.24, 2.45) is 0 Å². The fourth-order valence-corrected chi connectivity index (χ4v) is 4.15. The van der Waals surface area contributed by atoms with E-state index in [1.165, 1.54) is 31.4 Å². The molecule has 0 atom stereocenters. The lowest BCUT2D eigenvalue weighted by Gasteiger charge is -2.22. The summed E-state index contributed by atoms with van der Waals surface area (Å²) in [5.74, 6) is -1.22. The van der Waals surface area contributed by atoms with Crippen molar-refractivity contribution in [2.45, 2.75) is 52.9 Å². The van der Waals surface area contributed by atoms with Crippen LogP contribution in [0.25, 0.3) is 0 Å². The Bertz CT molecular complexity index is 859. The number of carbonyl (C=O) groups is 2. The number of nitrogens with zero attached hydrogens (tertiary/aromatic N) is 1. The number of hydrogen-bond donors (Lipinski definition) is 2. The molecule has 1 aliphatic rings. The zero-order chi connectivity index (χ0) is 21.5. The molecule has 2 aromatic carbocycles. The van der Waals surface area contributed by atoms with Crippen molar-refractivity contribution in [1.29, 1.82) is 0 Å². The molecule has 2 aromatic rings. The summed E-state index contributed by atoms with van der Waals surface area (Å²) in [6.45, 7) is 8.57. The number of carbonyl (C=O) groups excluding carboxylic acids is 2. The van der Waals surface area contributed by atoms with Crippen LogP contribution in [0.4, 0.5) is 11.4 Å². The Morgan fingerprint density at radius 2 is 1.47 bits per heavy atom. The molecule has 1 heterocycles. The summed E-state index contributed by atoms with van der Waals surface area (Å²) in [6.07, 6.45) is 5.87. The van der Waals surface area contributed by atoms with Gasteiger partial charge in [0.2, 0.25) is 0 Å². The predicted molar refractivity (Wildman–Crippen MR) is 123 cm³/mol. The molecule has 3 rings (SSSR count). The molecule has 1 aliphatic heterocycles. The summed E-state index contributed by atoms with van der Waals surface area (Å²) in [4.78, 5) is 26.9. The van der Waals surface area contributed by atoms with Crippen LogP contribution in [0.15, 0.2) is 36.4 Å². The third-order valence-corrected chi connectivity index (χ3v) is 5.73. The van der Waals surface area contributed by atoms with Gasteiger partial charge < -0.3 is 15.5 Å². The molecule has 5 heteroatoms. The standard InChI is InChI=1S/C25H33N3O2/c1-18-16-19(2)23(20(3)17-18)27-25(30)24(29)26-13-12-21-8-10-22(11-9-21)28-14-6-4-5-7-15-28/h8-11,16-17H,4-7,12-15H2,1-3H3,(H,26,29)(H,27,30). The summed E-state index contributed by atoms with van der Waals surface area (Å²) < 4.78 is 0. The molecule has 2 amide bonds. The normalized spacial score (nSPS) is 14.2. The highest BCUT2D eigenvalue weighted by Gasteiger charge is 2.16. The van der Waals surface area contributed by atoms with Crippen molar-refractivity contribution < 1.29 is 9.59 Å². The number of amides is 2. The molecule has 2 N–H and O–H groups in total. The third-order valence-electron chi connectivity index (χ3n) is 5.73. The van der Waals surface area contributed by atoms with Crippen LogP contribution in [0.1, 0.15) is 47.9 Å². The Morgan fingerprint density at radius 3 is 2.07 bits per heavy atom. The second-order valence-corrected chi connectivity index (χ2v) is 8.30. The van der Waals surface area contributed by atoms with Crippen LogP contribution in [-0.4, -0.2) is 31.4 Å². The fourth-order valence-electron chi connectivity index (χ4n) is 4.15. The number of hydrogen-bond acceptors (Lipinski definition) is 3. The van der Waals surface area contributed by atoms with Crippen LogP contribution in [0.3, 0.4) is 0 Å². The number of benzene rings is 2. The largest absolute Gasteiger partial charge is 0.372 e. The minimum atomic E-state index is -0.624. The van der Waals surface area contributed by atoms with Crippen LogP contribution in [0.5, 0.6) is 0 Å². The molecule has 0 radical (unpaired) electrons. The van der Waals surface area contributed by atoms with Gasteiger partial charge in [0, 0.05) is 31.0 Å². The monoisotopic (exact) mass is 407 g/mol. The third kappa shape index (κ3) is 5.85. The van der Waals surface area contributed by atoms with Gasteiger partial charge in [-0.3, -0.25) is 9.59 Å². The molecular weight excluding hydrogens is 374 g/mol. The molecule has 0 aromatic heterocycles. The molecule has 160 valence electrons. The highest BCUT2D eigenvalue weighted by molar-refractivity contribution is 6.39. The molecule has 0 saturated carbocycles. The number of nitrogens with one attached hydrogen (secondary N) is 2. The predicted octanol–water partition coefficient (Wildman–Crippen LogP) is 4.29. The zero-order valence-electron chi connectivity index (χ0n) is 18.4. The average molecular weight is 408 g/mol. The first-order chi connectivity index (χ1) is 14.4. The Labute approximate surface area is 179 Å². The molecular formula is C25H33N3O2. The van der Waals surface area contributed by atoms with Crippen molar-refractivity contribution in [1.82, 2.24) is 5.32 Å². The van der Waals surface area contributed by atoms with E-state index in [4.69, 9.17) is 0 Å². The van der Waals surface area contributed by atoms with Crippen LogP contribution >= 0.6 is 0 Å². The fraction of sp³-hybridized carbons (Fsp3) is 0.440. The van der Waals surface area contributed by atoms with Crippen LogP contribution in [0.2, 0.25) is 0 Å². The highest BCUT2D eigenvalue weighted by Crippen LogP contribution is 2.22. The van der Waals surface area contributed by atoms with Gasteiger partial charge >= 0.3 is 11.8 Å². The van der Waals surface area contributed by atoms with E-state index in [0.717, 1.165) is 35.3 Å². The number of anilines is 2. The van der Waals surface area contributed by atoms with Gasteiger partial charge in [-0.2, -0.15) is 0 Å². The van der Waals surface area contributed by atoms with E-state index >= 15 is 0 Å². The van der Waals surface area contributed by atoms with E-state index in [-0.39, 0.29) is 0 Å². The van der Waals surface area contributed by atoms with Gasteiger partial charge in [0.25, 0.3) is 0 Å². The van der Waals surface area contributed by atoms with Crippen molar-refractivity contribution in [3.63, 3.8) is 0 Å². The topological polar surface area (TPSA) is 61.4 Å². The smallest absolute Gasteiger partial charge is 0.313 e. The van der Waals surface area contributed by atoms with Crippen LogP contribution < -0.4 is 15.5 Å². The lowest BCUT2D eigenvalue weighted by molar-refractivity contribution is -0.136.